The Labute approximate surface area is 181 Å². The van der Waals surface area contributed by atoms with Gasteiger partial charge in [0.1, 0.15) is 23.3 Å². The van der Waals surface area contributed by atoms with Crippen LogP contribution in [0.15, 0.2) is 48.5 Å². The molecule has 4 rings (SSSR count). The van der Waals surface area contributed by atoms with Crippen molar-refractivity contribution < 1.29 is 18.7 Å². The minimum absolute atomic E-state index is 0.00877. The Balaban J connectivity index is 1.59. The van der Waals surface area contributed by atoms with Crippen LogP contribution in [0.4, 0.5) is 10.2 Å². The summed E-state index contributed by atoms with van der Waals surface area (Å²) in [5.74, 6) is -0.480. The highest BCUT2D eigenvalue weighted by atomic mass is 35.5. The van der Waals surface area contributed by atoms with E-state index >= 15 is 0 Å². The zero-order valence-electron chi connectivity index (χ0n) is 16.1. The van der Waals surface area contributed by atoms with Gasteiger partial charge in [0.2, 0.25) is 5.91 Å². The number of carbonyl (C=O) groups is 2. The van der Waals surface area contributed by atoms with E-state index in [0.717, 1.165) is 6.07 Å². The maximum atomic E-state index is 13.9. The molecule has 2 aromatic carbocycles. The second-order valence-corrected chi connectivity index (χ2v) is 7.24. The van der Waals surface area contributed by atoms with Gasteiger partial charge in [-0.2, -0.15) is 0 Å². The van der Waals surface area contributed by atoms with Gasteiger partial charge in [0, 0.05) is 23.2 Å². The predicted octanol–water partition coefficient (Wildman–Crippen LogP) is 3.13. The number of benzene rings is 2. The van der Waals surface area contributed by atoms with Crippen LogP contribution in [0, 0.1) is 5.82 Å². The van der Waals surface area contributed by atoms with E-state index in [-0.39, 0.29) is 28.2 Å². The molecule has 1 fully saturated rings. The third kappa shape index (κ3) is 4.72. The van der Waals surface area contributed by atoms with Crippen LogP contribution in [-0.2, 0) is 4.79 Å². The maximum absolute atomic E-state index is 13.9. The van der Waals surface area contributed by atoms with Gasteiger partial charge >= 0.3 is 0 Å². The van der Waals surface area contributed by atoms with Crippen LogP contribution in [0.3, 0.4) is 0 Å². The number of aromatic nitrogens is 2. The molecule has 1 aliphatic heterocycles. The largest absolute Gasteiger partial charge is 0.454 e. The van der Waals surface area contributed by atoms with Crippen molar-refractivity contribution in [3.05, 3.63) is 65.1 Å². The zero-order chi connectivity index (χ0) is 22.0. The lowest BCUT2D eigenvalue weighted by Crippen LogP contribution is -2.30. The second-order valence-electron chi connectivity index (χ2n) is 6.80. The van der Waals surface area contributed by atoms with E-state index in [1.807, 2.05) is 0 Å². The Bertz CT molecular complexity index is 1160. The van der Waals surface area contributed by atoms with Crippen molar-refractivity contribution in [3.63, 3.8) is 0 Å². The Morgan fingerprint density at radius 1 is 1.19 bits per heavy atom. The topological polar surface area (TPSA) is 119 Å². The first-order chi connectivity index (χ1) is 14.9. The number of rotatable bonds is 6. The Morgan fingerprint density at radius 3 is 2.61 bits per heavy atom. The van der Waals surface area contributed by atoms with Gasteiger partial charge in [0.25, 0.3) is 5.91 Å². The van der Waals surface area contributed by atoms with Crippen LogP contribution < -0.4 is 21.1 Å². The number of halogens is 2. The second kappa shape index (κ2) is 8.57. The first-order valence-electron chi connectivity index (χ1n) is 9.35. The number of ether oxygens (including phenoxy) is 1. The van der Waals surface area contributed by atoms with Gasteiger partial charge in [-0.1, -0.05) is 11.6 Å². The van der Waals surface area contributed by atoms with Crippen LogP contribution in [-0.4, -0.2) is 34.4 Å². The van der Waals surface area contributed by atoms with E-state index in [9.17, 15) is 14.0 Å². The summed E-state index contributed by atoms with van der Waals surface area (Å²) in [5, 5.41) is 5.99. The number of nitrogens with zero attached hydrogens (tertiary/aromatic N) is 2. The molecule has 4 N–H and O–H groups in total. The van der Waals surface area contributed by atoms with Gasteiger partial charge in [-0.15, -0.1) is 0 Å². The number of hydrogen-bond donors (Lipinski definition) is 3. The Morgan fingerprint density at radius 2 is 1.97 bits per heavy atom. The molecule has 1 aromatic heterocycles. The zero-order valence-corrected chi connectivity index (χ0v) is 16.8. The van der Waals surface area contributed by atoms with Crippen LogP contribution in [0.2, 0.25) is 5.02 Å². The summed E-state index contributed by atoms with van der Waals surface area (Å²) in [7, 11) is 0. The van der Waals surface area contributed by atoms with Gasteiger partial charge in [-0.05, 0) is 48.9 Å². The smallest absolute Gasteiger partial charge is 0.267 e. The molecule has 0 saturated carbocycles. The summed E-state index contributed by atoms with van der Waals surface area (Å²) >= 11 is 5.75. The number of anilines is 1. The van der Waals surface area contributed by atoms with Crippen molar-refractivity contribution in [2.24, 2.45) is 5.73 Å². The first kappa shape index (κ1) is 20.5. The normalized spacial score (nSPS) is 15.4. The van der Waals surface area contributed by atoms with Crippen molar-refractivity contribution in [2.45, 2.75) is 12.5 Å². The minimum atomic E-state index is -0.722. The Hall–Kier alpha value is -3.72. The minimum Gasteiger partial charge on any atom is -0.454 e. The molecular formula is C21H17ClFN5O3. The van der Waals surface area contributed by atoms with Crippen molar-refractivity contribution in [1.82, 2.24) is 15.3 Å². The molecule has 0 unspecified atom stereocenters. The van der Waals surface area contributed by atoms with E-state index in [4.69, 9.17) is 22.1 Å². The quantitative estimate of drug-likeness (QED) is 0.540. The summed E-state index contributed by atoms with van der Waals surface area (Å²) in [6.45, 7) is 0.562. The molecule has 1 saturated heterocycles. The number of carbonyl (C=O) groups excluding carboxylic acids is 2. The van der Waals surface area contributed by atoms with Crippen LogP contribution in [0.5, 0.6) is 11.5 Å². The summed E-state index contributed by atoms with van der Waals surface area (Å²) in [5.41, 5.74) is 5.98. The third-order valence-electron chi connectivity index (χ3n) is 4.58. The molecule has 2 amide bonds. The third-order valence-corrected chi connectivity index (χ3v) is 4.82. The van der Waals surface area contributed by atoms with E-state index in [1.54, 1.807) is 24.3 Å². The summed E-state index contributed by atoms with van der Waals surface area (Å²) in [6.07, 6.45) is 0.595. The number of nitrogens with two attached hydrogens (primary N) is 1. The van der Waals surface area contributed by atoms with E-state index < -0.39 is 17.8 Å². The molecule has 158 valence electrons. The highest BCUT2D eigenvalue weighted by Gasteiger charge is 2.24. The van der Waals surface area contributed by atoms with E-state index in [0.29, 0.717) is 30.1 Å². The number of hydrogen-bond acceptors (Lipinski definition) is 6. The monoisotopic (exact) mass is 441 g/mol. The lowest BCUT2D eigenvalue weighted by molar-refractivity contribution is -0.119. The van der Waals surface area contributed by atoms with Crippen molar-refractivity contribution in [2.75, 3.05) is 11.9 Å². The molecule has 0 aliphatic carbocycles. The number of nitrogens with one attached hydrogen (secondary N) is 2. The number of primary amides is 1. The average molecular weight is 442 g/mol. The van der Waals surface area contributed by atoms with Gasteiger partial charge in [0.05, 0.1) is 0 Å². The molecular weight excluding hydrogens is 425 g/mol. The lowest BCUT2D eigenvalue weighted by Gasteiger charge is -2.13. The molecule has 0 radical (unpaired) electrons. The van der Waals surface area contributed by atoms with Crippen LogP contribution in [0.25, 0.3) is 11.4 Å². The summed E-state index contributed by atoms with van der Waals surface area (Å²) in [6, 6.07) is 11.6. The SMILES string of the molecule is NC(=O)c1cc(N[C@H]2CCNC2=O)nc(-c2ccc(Oc3ccc(Cl)cc3F)cc2)n1. The predicted molar refractivity (Wildman–Crippen MR) is 113 cm³/mol. The molecule has 8 nitrogen and oxygen atoms in total. The highest BCUT2D eigenvalue weighted by Crippen LogP contribution is 2.28. The molecule has 2 heterocycles. The van der Waals surface area contributed by atoms with Gasteiger partial charge in [-0.3, -0.25) is 9.59 Å². The molecule has 1 atom stereocenters. The summed E-state index contributed by atoms with van der Waals surface area (Å²) in [4.78, 5) is 32.1. The van der Waals surface area contributed by atoms with Gasteiger partial charge in [-0.25, -0.2) is 14.4 Å². The van der Waals surface area contributed by atoms with Crippen molar-refractivity contribution >= 4 is 29.2 Å². The van der Waals surface area contributed by atoms with Crippen molar-refractivity contribution in [1.29, 1.82) is 0 Å². The van der Waals surface area contributed by atoms with Crippen LogP contribution >= 0.6 is 11.6 Å². The average Bonchev–Trinajstić information content (AvgIpc) is 3.14. The molecule has 10 heteroatoms. The van der Waals surface area contributed by atoms with Gasteiger partial charge in [0.15, 0.2) is 17.4 Å². The fourth-order valence-electron chi connectivity index (χ4n) is 3.04. The molecule has 0 bridgehead atoms. The molecule has 31 heavy (non-hydrogen) atoms. The summed E-state index contributed by atoms with van der Waals surface area (Å²) < 4.78 is 19.5. The molecule has 1 aliphatic rings. The Kier molecular flexibility index (Phi) is 5.68. The number of amides is 2. The molecule has 3 aromatic rings. The van der Waals surface area contributed by atoms with Crippen molar-refractivity contribution in [3.8, 4) is 22.9 Å². The standard InChI is InChI=1S/C21H17ClFN5O3/c22-12-3-6-17(14(23)9-12)31-13-4-1-11(2-5-13)20-27-16(19(24)29)10-18(28-20)26-15-7-8-25-21(15)30/h1-6,9-10,15H,7-8H2,(H2,24,29)(H,25,30)(H,26,27,28)/t15-/m0/s1. The maximum Gasteiger partial charge on any atom is 0.267 e. The molecule has 0 spiro atoms. The lowest BCUT2D eigenvalue weighted by atomic mass is 10.2. The highest BCUT2D eigenvalue weighted by molar-refractivity contribution is 6.30. The first-order valence-corrected chi connectivity index (χ1v) is 9.73. The van der Waals surface area contributed by atoms with E-state index in [2.05, 4.69) is 20.6 Å². The van der Waals surface area contributed by atoms with E-state index in [1.165, 1.54) is 18.2 Å². The van der Waals surface area contributed by atoms with Gasteiger partial charge < -0.3 is 21.1 Å². The fraction of sp³-hybridized carbons (Fsp3) is 0.143. The van der Waals surface area contributed by atoms with Crippen LogP contribution in [0.1, 0.15) is 16.9 Å². The fourth-order valence-corrected chi connectivity index (χ4v) is 3.20.